The van der Waals surface area contributed by atoms with E-state index < -0.39 is 5.24 Å². The molecule has 0 aliphatic heterocycles. The lowest BCUT2D eigenvalue weighted by Crippen LogP contribution is -1.89. The molecule has 52 valence electrons. The van der Waals surface area contributed by atoms with Gasteiger partial charge in [0.1, 0.15) is 0 Å². The Labute approximate surface area is 62.3 Å². The molecule has 1 aromatic heterocycles. The van der Waals surface area contributed by atoms with Gasteiger partial charge in [-0.25, -0.2) is 4.98 Å². The minimum absolute atomic E-state index is 0.0316. The van der Waals surface area contributed by atoms with E-state index in [-0.39, 0.29) is 11.4 Å². The van der Waals surface area contributed by atoms with E-state index in [2.05, 4.69) is 4.98 Å². The van der Waals surface area contributed by atoms with Crippen molar-refractivity contribution in [1.82, 2.24) is 4.98 Å². The molecule has 3 nitrogen and oxygen atoms in total. The third-order valence-electron chi connectivity index (χ3n) is 0.998. The third-order valence-corrected chi connectivity index (χ3v) is 1.20. The van der Waals surface area contributed by atoms with E-state index in [1.54, 1.807) is 0 Å². The smallest absolute Gasteiger partial charge is 0.257 e. The lowest BCUT2D eigenvalue weighted by atomic mass is 10.3. The lowest BCUT2D eigenvalue weighted by molar-refractivity contribution is 0.107. The minimum Gasteiger partial charge on any atom is -0.493 e. The molecule has 0 saturated carbocycles. The summed E-state index contributed by atoms with van der Waals surface area (Å²) in [5, 5.41) is 8.16. The molecule has 10 heavy (non-hydrogen) atoms. The molecule has 0 spiro atoms. The van der Waals surface area contributed by atoms with E-state index in [4.69, 9.17) is 16.7 Å². The number of pyridine rings is 1. The van der Waals surface area contributed by atoms with Crippen LogP contribution in [0.5, 0.6) is 5.88 Å². The van der Waals surface area contributed by atoms with Gasteiger partial charge in [-0.1, -0.05) is 0 Å². The topological polar surface area (TPSA) is 50.2 Å². The van der Waals surface area contributed by atoms with E-state index in [1.165, 1.54) is 18.3 Å². The van der Waals surface area contributed by atoms with E-state index >= 15 is 0 Å². The van der Waals surface area contributed by atoms with Crippen molar-refractivity contribution in [3.8, 4) is 5.88 Å². The zero-order valence-electron chi connectivity index (χ0n) is 4.91. The summed E-state index contributed by atoms with van der Waals surface area (Å²) in [5.74, 6) is -0.331. The largest absolute Gasteiger partial charge is 0.493 e. The average molecular weight is 158 g/mol. The minimum atomic E-state index is -0.703. The van der Waals surface area contributed by atoms with Crippen LogP contribution in [0.3, 0.4) is 0 Å². The van der Waals surface area contributed by atoms with Gasteiger partial charge in [-0.05, 0) is 23.7 Å². The number of nitrogens with zero attached hydrogens (tertiary/aromatic N) is 1. The number of rotatable bonds is 1. The SMILES string of the molecule is O=C(Cl)c1cccnc1O. The Bertz CT molecular complexity index is 262. The average Bonchev–Trinajstić information content (AvgIpc) is 1.88. The molecule has 0 amide bonds. The van der Waals surface area contributed by atoms with E-state index in [1.807, 2.05) is 0 Å². The Morgan fingerprint density at radius 2 is 2.40 bits per heavy atom. The van der Waals surface area contributed by atoms with Crippen LogP contribution < -0.4 is 0 Å². The first-order chi connectivity index (χ1) is 4.72. The van der Waals surface area contributed by atoms with Gasteiger partial charge in [0, 0.05) is 6.20 Å². The first-order valence-corrected chi connectivity index (χ1v) is 2.93. The molecule has 1 aromatic rings. The molecule has 0 unspecified atom stereocenters. The highest BCUT2D eigenvalue weighted by atomic mass is 35.5. The van der Waals surface area contributed by atoms with Crippen LogP contribution in [0.4, 0.5) is 0 Å². The number of carbonyl (C=O) groups is 1. The highest BCUT2D eigenvalue weighted by molar-refractivity contribution is 6.68. The molecule has 0 atom stereocenters. The van der Waals surface area contributed by atoms with Crippen molar-refractivity contribution in [2.45, 2.75) is 0 Å². The monoisotopic (exact) mass is 157 g/mol. The van der Waals surface area contributed by atoms with E-state index in [9.17, 15) is 4.79 Å². The van der Waals surface area contributed by atoms with Crippen molar-refractivity contribution in [3.63, 3.8) is 0 Å². The normalized spacial score (nSPS) is 9.30. The number of carbonyl (C=O) groups excluding carboxylic acids is 1. The summed E-state index contributed by atoms with van der Waals surface area (Å²) >= 11 is 5.07. The number of hydrogen-bond donors (Lipinski definition) is 1. The zero-order chi connectivity index (χ0) is 7.56. The molecule has 0 bridgehead atoms. The lowest BCUT2D eigenvalue weighted by Gasteiger charge is -1.93. The van der Waals surface area contributed by atoms with E-state index in [0.717, 1.165) is 0 Å². The zero-order valence-corrected chi connectivity index (χ0v) is 5.67. The Kier molecular flexibility index (Phi) is 1.87. The van der Waals surface area contributed by atoms with Gasteiger partial charge in [-0.15, -0.1) is 0 Å². The molecule has 0 radical (unpaired) electrons. The first-order valence-electron chi connectivity index (χ1n) is 2.55. The van der Waals surface area contributed by atoms with Crippen LogP contribution in [0.2, 0.25) is 0 Å². The Morgan fingerprint density at radius 1 is 1.70 bits per heavy atom. The van der Waals surface area contributed by atoms with Gasteiger partial charge >= 0.3 is 0 Å². The molecular weight excluding hydrogens is 154 g/mol. The quantitative estimate of drug-likeness (QED) is 0.623. The summed E-state index contributed by atoms with van der Waals surface area (Å²) in [6.07, 6.45) is 1.37. The summed E-state index contributed by atoms with van der Waals surface area (Å²) in [7, 11) is 0. The fourth-order valence-electron chi connectivity index (χ4n) is 0.550. The highest BCUT2D eigenvalue weighted by Gasteiger charge is 2.06. The fourth-order valence-corrected chi connectivity index (χ4v) is 0.698. The van der Waals surface area contributed by atoms with Gasteiger partial charge in [0.2, 0.25) is 5.88 Å². The van der Waals surface area contributed by atoms with E-state index in [0.29, 0.717) is 0 Å². The van der Waals surface area contributed by atoms with Crippen LogP contribution in [-0.4, -0.2) is 15.3 Å². The van der Waals surface area contributed by atoms with Crippen LogP contribution in [-0.2, 0) is 0 Å². The maximum atomic E-state index is 10.4. The summed E-state index contributed by atoms with van der Waals surface area (Å²) < 4.78 is 0. The van der Waals surface area contributed by atoms with Crippen molar-refractivity contribution in [1.29, 1.82) is 0 Å². The second kappa shape index (κ2) is 2.66. The van der Waals surface area contributed by atoms with Crippen LogP contribution in [0.15, 0.2) is 18.3 Å². The van der Waals surface area contributed by atoms with Crippen molar-refractivity contribution in [2.24, 2.45) is 0 Å². The molecule has 0 aromatic carbocycles. The molecule has 1 rings (SSSR count). The van der Waals surface area contributed by atoms with Crippen molar-refractivity contribution >= 4 is 16.8 Å². The second-order valence-electron chi connectivity index (χ2n) is 1.65. The number of aromatic nitrogens is 1. The Morgan fingerprint density at radius 3 is 2.80 bits per heavy atom. The van der Waals surface area contributed by atoms with Gasteiger partial charge < -0.3 is 5.11 Å². The van der Waals surface area contributed by atoms with Crippen molar-refractivity contribution in [3.05, 3.63) is 23.9 Å². The third kappa shape index (κ3) is 1.25. The molecule has 1 N–H and O–H groups in total. The first kappa shape index (κ1) is 7.02. The summed E-state index contributed by atoms with van der Waals surface area (Å²) in [4.78, 5) is 13.9. The Balaban J connectivity index is 3.15. The van der Waals surface area contributed by atoms with Gasteiger partial charge in [0.05, 0.1) is 5.56 Å². The highest BCUT2D eigenvalue weighted by Crippen LogP contribution is 2.13. The molecular formula is C6H4ClNO2. The molecule has 0 aliphatic carbocycles. The number of hydrogen-bond acceptors (Lipinski definition) is 3. The van der Waals surface area contributed by atoms with Gasteiger partial charge in [0.25, 0.3) is 5.24 Å². The fraction of sp³-hybridized carbons (Fsp3) is 0. The van der Waals surface area contributed by atoms with Gasteiger partial charge in [0.15, 0.2) is 0 Å². The predicted molar refractivity (Wildman–Crippen MR) is 36.1 cm³/mol. The predicted octanol–water partition coefficient (Wildman–Crippen LogP) is 1.17. The number of halogens is 1. The molecule has 0 aliphatic rings. The van der Waals surface area contributed by atoms with Crippen LogP contribution in [0.1, 0.15) is 10.4 Å². The summed E-state index contributed by atoms with van der Waals surface area (Å²) in [6.45, 7) is 0. The molecule has 0 fully saturated rings. The summed E-state index contributed by atoms with van der Waals surface area (Å²) in [6, 6.07) is 2.92. The standard InChI is InChI=1S/C6H4ClNO2/c7-5(9)4-2-1-3-8-6(4)10/h1-3H,(H,8,10). The van der Waals surface area contributed by atoms with Crippen molar-refractivity contribution in [2.75, 3.05) is 0 Å². The van der Waals surface area contributed by atoms with Gasteiger partial charge in [-0.3, -0.25) is 4.79 Å². The maximum Gasteiger partial charge on any atom is 0.257 e. The second-order valence-corrected chi connectivity index (χ2v) is 1.99. The molecule has 1 heterocycles. The molecule has 4 heteroatoms. The van der Waals surface area contributed by atoms with Gasteiger partial charge in [-0.2, -0.15) is 0 Å². The van der Waals surface area contributed by atoms with Crippen LogP contribution in [0, 0.1) is 0 Å². The summed E-state index contributed by atoms with van der Waals surface area (Å²) in [5.41, 5.74) is 0.0316. The van der Waals surface area contributed by atoms with Crippen molar-refractivity contribution < 1.29 is 9.90 Å². The molecule has 0 saturated heterocycles. The maximum absolute atomic E-state index is 10.4. The van der Waals surface area contributed by atoms with Crippen LogP contribution in [0.25, 0.3) is 0 Å². The Hall–Kier alpha value is -1.09. The number of aromatic hydroxyl groups is 1. The van der Waals surface area contributed by atoms with Crippen LogP contribution >= 0.6 is 11.6 Å².